The average molecular weight is 511 g/mol. The minimum atomic E-state index is -5.00. The van der Waals surface area contributed by atoms with Crippen molar-refractivity contribution in [1.29, 1.82) is 0 Å². The van der Waals surface area contributed by atoms with Gasteiger partial charge >= 0.3 is 12.4 Å². The highest BCUT2D eigenvalue weighted by Crippen LogP contribution is 2.39. The van der Waals surface area contributed by atoms with Gasteiger partial charge in [0.1, 0.15) is 5.69 Å². The molecule has 0 spiro atoms. The summed E-state index contributed by atoms with van der Waals surface area (Å²) in [7, 11) is 0. The lowest BCUT2D eigenvalue weighted by atomic mass is 9.98. The molecule has 1 aromatic carbocycles. The van der Waals surface area contributed by atoms with Gasteiger partial charge in [0.25, 0.3) is 0 Å². The summed E-state index contributed by atoms with van der Waals surface area (Å²) in [5, 5.41) is 12.4. The van der Waals surface area contributed by atoms with Gasteiger partial charge in [0.15, 0.2) is 15.8 Å². The van der Waals surface area contributed by atoms with Crippen LogP contribution < -0.4 is 0 Å². The molecule has 0 bridgehead atoms. The van der Waals surface area contributed by atoms with E-state index in [0.29, 0.717) is 22.3 Å². The number of Topliss-reactive ketones (excluding diaryl/α,β-unsaturated/α-hetero) is 1. The molecule has 3 heterocycles. The van der Waals surface area contributed by atoms with Crippen LogP contribution in [0.15, 0.2) is 55.0 Å². The molecule has 0 aliphatic heterocycles. The van der Waals surface area contributed by atoms with Crippen LogP contribution in [0.4, 0.5) is 26.3 Å². The molecule has 3 aromatic heterocycles. The van der Waals surface area contributed by atoms with Gasteiger partial charge in [0.05, 0.1) is 23.4 Å². The van der Waals surface area contributed by atoms with E-state index in [1.54, 1.807) is 24.4 Å². The van der Waals surface area contributed by atoms with E-state index in [1.165, 1.54) is 24.0 Å². The monoisotopic (exact) mass is 511 g/mol. The van der Waals surface area contributed by atoms with Crippen molar-refractivity contribution in [3.63, 3.8) is 0 Å². The van der Waals surface area contributed by atoms with Crippen molar-refractivity contribution in [3.05, 3.63) is 82.3 Å². The fraction of sp³-hybridized carbons (Fsp3) is 0.227. The molecule has 182 valence electrons. The molecule has 0 aliphatic rings. The second kappa shape index (κ2) is 9.21. The predicted molar refractivity (Wildman–Crippen MR) is 114 cm³/mol. The molecule has 0 saturated heterocycles. The predicted octanol–water partition coefficient (Wildman–Crippen LogP) is 5.87. The molecule has 0 unspecified atom stereocenters. The molecule has 6 nitrogen and oxygen atoms in total. The first kappa shape index (κ1) is 24.5. The first-order valence-electron chi connectivity index (χ1n) is 10.0. The smallest absolute Gasteiger partial charge is 0.291 e. The number of halogens is 6. The van der Waals surface area contributed by atoms with E-state index < -0.39 is 29.5 Å². The second-order valence-electron chi connectivity index (χ2n) is 7.53. The maximum Gasteiger partial charge on any atom is 0.416 e. The van der Waals surface area contributed by atoms with Gasteiger partial charge in [0, 0.05) is 18.8 Å². The van der Waals surface area contributed by atoms with Gasteiger partial charge in [0.2, 0.25) is 0 Å². The largest absolute Gasteiger partial charge is 0.416 e. The van der Waals surface area contributed by atoms with Gasteiger partial charge in [-0.05, 0) is 42.3 Å². The Balaban J connectivity index is 1.54. The number of hydrogen-bond donors (Lipinski definition) is 0. The Bertz CT molecular complexity index is 1350. The first-order chi connectivity index (χ1) is 16.4. The topological polar surface area (TPSA) is 73.6 Å². The van der Waals surface area contributed by atoms with Crippen LogP contribution >= 0.6 is 11.3 Å². The van der Waals surface area contributed by atoms with Crippen molar-refractivity contribution in [2.24, 2.45) is 0 Å². The molecule has 0 amide bonds. The normalized spacial score (nSPS) is 13.1. The van der Waals surface area contributed by atoms with Gasteiger partial charge in [-0.15, -0.1) is 10.2 Å². The Morgan fingerprint density at radius 2 is 1.83 bits per heavy atom. The standard InChI is InChI=1S/C22H15F6N5OS/c1-12(15-6-5-14(21(23,24)25)9-16(15)22(26,27)28)33-11-13(10-30-33)8-18(34)20-32-31-19(35-20)17-4-2-3-7-29-17/h2-7,9-12H,8H2,1H3/t12-/m1/s1. The summed E-state index contributed by atoms with van der Waals surface area (Å²) in [4.78, 5) is 16.8. The van der Waals surface area contributed by atoms with Crippen LogP contribution in [0.5, 0.6) is 0 Å². The van der Waals surface area contributed by atoms with E-state index in [-0.39, 0.29) is 28.8 Å². The van der Waals surface area contributed by atoms with E-state index in [9.17, 15) is 31.1 Å². The highest BCUT2D eigenvalue weighted by molar-refractivity contribution is 7.16. The van der Waals surface area contributed by atoms with Gasteiger partial charge in [-0.2, -0.15) is 31.4 Å². The van der Waals surface area contributed by atoms with Crippen molar-refractivity contribution in [1.82, 2.24) is 25.0 Å². The van der Waals surface area contributed by atoms with E-state index >= 15 is 0 Å². The zero-order valence-corrected chi connectivity index (χ0v) is 18.6. The lowest BCUT2D eigenvalue weighted by Gasteiger charge is -2.20. The summed E-state index contributed by atoms with van der Waals surface area (Å²) in [6.07, 6.45) is -5.78. The lowest BCUT2D eigenvalue weighted by Crippen LogP contribution is -2.17. The third-order valence-corrected chi connectivity index (χ3v) is 6.09. The molecule has 35 heavy (non-hydrogen) atoms. The number of pyridine rings is 1. The van der Waals surface area contributed by atoms with Crippen molar-refractivity contribution in [3.8, 4) is 10.7 Å². The number of benzene rings is 1. The number of hydrogen-bond acceptors (Lipinski definition) is 6. The molecular weight excluding hydrogens is 496 g/mol. The van der Waals surface area contributed by atoms with Crippen LogP contribution in [0, 0.1) is 0 Å². The van der Waals surface area contributed by atoms with Crippen molar-refractivity contribution >= 4 is 17.1 Å². The first-order valence-corrected chi connectivity index (χ1v) is 10.8. The fourth-order valence-corrected chi connectivity index (χ4v) is 4.11. The van der Waals surface area contributed by atoms with Crippen LogP contribution in [0.3, 0.4) is 0 Å². The molecule has 0 saturated carbocycles. The molecular formula is C22H15F6N5OS. The zero-order chi connectivity index (χ0) is 25.4. The molecule has 1 atom stereocenters. The molecule has 4 rings (SSSR count). The van der Waals surface area contributed by atoms with Crippen LogP contribution in [0.2, 0.25) is 0 Å². The van der Waals surface area contributed by atoms with Crippen molar-refractivity contribution in [2.75, 3.05) is 0 Å². The molecule has 0 N–H and O–H groups in total. The van der Waals surface area contributed by atoms with E-state index in [2.05, 4.69) is 20.3 Å². The quantitative estimate of drug-likeness (QED) is 0.239. The van der Waals surface area contributed by atoms with Crippen LogP contribution in [-0.4, -0.2) is 30.7 Å². The van der Waals surface area contributed by atoms with Crippen molar-refractivity contribution < 1.29 is 31.1 Å². The Morgan fingerprint density at radius 1 is 1.06 bits per heavy atom. The summed E-state index contributed by atoms with van der Waals surface area (Å²) < 4.78 is 80.6. The number of carbonyl (C=O) groups excluding carboxylic acids is 1. The number of carbonyl (C=O) groups is 1. The molecule has 13 heteroatoms. The van der Waals surface area contributed by atoms with Crippen LogP contribution in [0.1, 0.15) is 45.0 Å². The van der Waals surface area contributed by atoms with Crippen LogP contribution in [-0.2, 0) is 18.8 Å². The highest BCUT2D eigenvalue weighted by Gasteiger charge is 2.39. The Morgan fingerprint density at radius 3 is 2.49 bits per heavy atom. The minimum absolute atomic E-state index is 0.0917. The number of nitrogens with zero attached hydrogens (tertiary/aromatic N) is 5. The van der Waals surface area contributed by atoms with Crippen LogP contribution in [0.25, 0.3) is 10.7 Å². The molecule has 0 radical (unpaired) electrons. The van der Waals surface area contributed by atoms with Gasteiger partial charge in [-0.1, -0.05) is 23.5 Å². The minimum Gasteiger partial charge on any atom is -0.291 e. The fourth-order valence-electron chi connectivity index (χ4n) is 3.36. The van der Waals surface area contributed by atoms with E-state index in [4.69, 9.17) is 0 Å². The maximum atomic E-state index is 13.5. The summed E-state index contributed by atoms with van der Waals surface area (Å²) in [5.74, 6) is -0.373. The van der Waals surface area contributed by atoms with E-state index in [0.717, 1.165) is 17.4 Å². The third-order valence-electron chi connectivity index (χ3n) is 5.10. The highest BCUT2D eigenvalue weighted by atomic mass is 32.1. The summed E-state index contributed by atoms with van der Waals surface area (Å²) in [6.45, 7) is 1.38. The number of rotatable bonds is 6. The summed E-state index contributed by atoms with van der Waals surface area (Å²) >= 11 is 1.05. The Hall–Kier alpha value is -3.61. The number of aromatic nitrogens is 5. The third kappa shape index (κ3) is 5.39. The van der Waals surface area contributed by atoms with Gasteiger partial charge < -0.3 is 0 Å². The van der Waals surface area contributed by atoms with E-state index in [1.807, 2.05) is 0 Å². The number of alkyl halides is 6. The summed E-state index contributed by atoms with van der Waals surface area (Å²) in [6, 6.07) is 5.66. The van der Waals surface area contributed by atoms with Crippen molar-refractivity contribution in [2.45, 2.75) is 31.7 Å². The molecule has 0 fully saturated rings. The van der Waals surface area contributed by atoms with Gasteiger partial charge in [-0.25, -0.2) is 0 Å². The average Bonchev–Trinajstić information content (AvgIpc) is 3.48. The maximum absolute atomic E-state index is 13.5. The number of ketones is 1. The summed E-state index contributed by atoms with van der Waals surface area (Å²) in [5.41, 5.74) is -2.21. The molecule has 4 aromatic rings. The molecule has 0 aliphatic carbocycles. The SMILES string of the molecule is C[C@H](c1ccc(C(F)(F)F)cc1C(F)(F)F)n1cc(CC(=O)c2nnc(-c3ccccn3)s2)cn1. The van der Waals surface area contributed by atoms with Gasteiger partial charge in [-0.3, -0.25) is 14.5 Å². The zero-order valence-electron chi connectivity index (χ0n) is 17.8. The lowest BCUT2D eigenvalue weighted by molar-refractivity contribution is -0.143. The Labute approximate surface area is 198 Å². The Kier molecular flexibility index (Phi) is 6.45. The second-order valence-corrected chi connectivity index (χ2v) is 8.51.